The number of hydrogen-bond acceptors (Lipinski definition) is 7. The average molecular weight is 370 g/mol. The highest BCUT2D eigenvalue weighted by atomic mass is 19.1. The zero-order valence-electron chi connectivity index (χ0n) is 14.6. The van der Waals surface area contributed by atoms with Crippen molar-refractivity contribution in [3.8, 4) is 5.69 Å². The third-order valence-electron chi connectivity index (χ3n) is 3.59. The van der Waals surface area contributed by atoms with Crippen molar-refractivity contribution >= 4 is 23.2 Å². The van der Waals surface area contributed by atoms with Gasteiger partial charge in [-0.2, -0.15) is 15.0 Å². The molecule has 3 rings (SSSR count). The number of aromatic nitrogens is 4. The number of carbonyl (C=O) groups is 1. The summed E-state index contributed by atoms with van der Waals surface area (Å²) in [5, 5.41) is 13.9. The quantitative estimate of drug-likeness (QED) is 0.493. The van der Waals surface area contributed by atoms with Crippen LogP contribution in [0, 0.1) is 5.82 Å². The molecule has 2 heterocycles. The maximum atomic E-state index is 14.2. The lowest BCUT2D eigenvalue weighted by Crippen LogP contribution is -2.26. The van der Waals surface area contributed by atoms with Crippen molar-refractivity contribution in [3.05, 3.63) is 54.1 Å². The molecule has 3 aromatic rings. The van der Waals surface area contributed by atoms with Gasteiger partial charge in [-0.1, -0.05) is 6.07 Å². The normalized spacial score (nSPS) is 11.8. The fourth-order valence-electron chi connectivity index (χ4n) is 2.35. The van der Waals surface area contributed by atoms with Gasteiger partial charge in [0.05, 0.1) is 23.6 Å². The van der Waals surface area contributed by atoms with Gasteiger partial charge in [-0.3, -0.25) is 4.79 Å². The molecule has 0 saturated heterocycles. The van der Waals surface area contributed by atoms with Crippen LogP contribution in [0.1, 0.15) is 17.3 Å². The zero-order valence-corrected chi connectivity index (χ0v) is 14.6. The van der Waals surface area contributed by atoms with Gasteiger partial charge in [0.25, 0.3) is 5.91 Å². The fourth-order valence-corrected chi connectivity index (χ4v) is 2.35. The van der Waals surface area contributed by atoms with Crippen LogP contribution >= 0.6 is 0 Å². The van der Waals surface area contributed by atoms with E-state index in [-0.39, 0.29) is 23.2 Å². The number of anilines is 3. The molecule has 0 aliphatic rings. The third-order valence-corrected chi connectivity index (χ3v) is 3.59. The number of pyridine rings is 1. The predicted octanol–water partition coefficient (Wildman–Crippen LogP) is 1.40. The van der Waals surface area contributed by atoms with Crippen molar-refractivity contribution in [3.63, 3.8) is 0 Å². The van der Waals surface area contributed by atoms with Crippen LogP contribution in [0.3, 0.4) is 0 Å². The van der Waals surface area contributed by atoms with E-state index in [9.17, 15) is 9.18 Å². The lowest BCUT2D eigenvalue weighted by atomic mass is 10.2. The van der Waals surface area contributed by atoms with Gasteiger partial charge in [0, 0.05) is 18.3 Å². The summed E-state index contributed by atoms with van der Waals surface area (Å²) >= 11 is 0. The lowest BCUT2D eigenvalue weighted by molar-refractivity contribution is 0.100. The molecule has 140 valence electrons. The molecule has 0 spiro atoms. The number of carbonyl (C=O) groups excluding carboxylic acids is 1. The second-order valence-corrected chi connectivity index (χ2v) is 5.93. The van der Waals surface area contributed by atoms with Crippen LogP contribution in [0.2, 0.25) is 0 Å². The molecule has 10 heteroatoms. The highest BCUT2D eigenvalue weighted by Crippen LogP contribution is 2.24. The predicted molar refractivity (Wildman–Crippen MR) is 99.5 cm³/mol. The Balaban J connectivity index is 1.94. The van der Waals surface area contributed by atoms with Crippen molar-refractivity contribution in [2.45, 2.75) is 13.0 Å². The molecule has 1 amide bonds. The third kappa shape index (κ3) is 4.36. The molecule has 6 N–H and O–H groups in total. The zero-order chi connectivity index (χ0) is 19.4. The Morgan fingerprint density at radius 3 is 2.67 bits per heavy atom. The number of halogens is 1. The first-order valence-electron chi connectivity index (χ1n) is 8.17. The monoisotopic (exact) mass is 370 g/mol. The van der Waals surface area contributed by atoms with E-state index in [1.54, 1.807) is 37.5 Å². The van der Waals surface area contributed by atoms with Crippen LogP contribution in [0.15, 0.2) is 42.7 Å². The topological polar surface area (TPSA) is 137 Å². The van der Waals surface area contributed by atoms with Crippen molar-refractivity contribution in [1.82, 2.24) is 20.0 Å². The standard InChI is InChI=1S/C17H19FN8O/c1-10(19)9-21-17-14(18)8-13(15(20)27)16(25-17)24-11-3-2-4-12(7-11)26-22-5-6-23-26/h2-8,10H,9,19H2,1H3,(H2,20,27)(H2,21,24,25)/t10-/m0/s1. The highest BCUT2D eigenvalue weighted by molar-refractivity contribution is 5.98. The maximum Gasteiger partial charge on any atom is 0.252 e. The molecule has 0 fully saturated rings. The summed E-state index contributed by atoms with van der Waals surface area (Å²) in [5.74, 6) is -1.39. The number of amides is 1. The fraction of sp³-hybridized carbons (Fsp3) is 0.176. The molecule has 0 aliphatic heterocycles. The Bertz CT molecular complexity index is 942. The molecule has 1 atom stereocenters. The van der Waals surface area contributed by atoms with Crippen LogP contribution in [0.5, 0.6) is 0 Å². The number of benzene rings is 1. The number of nitrogens with zero attached hydrogens (tertiary/aromatic N) is 4. The van der Waals surface area contributed by atoms with Gasteiger partial charge in [0.15, 0.2) is 11.6 Å². The summed E-state index contributed by atoms with van der Waals surface area (Å²) in [4.78, 5) is 17.3. The van der Waals surface area contributed by atoms with E-state index in [0.717, 1.165) is 6.07 Å². The van der Waals surface area contributed by atoms with Gasteiger partial charge in [0.1, 0.15) is 5.82 Å². The minimum atomic E-state index is -0.799. The molecule has 0 radical (unpaired) electrons. The van der Waals surface area contributed by atoms with Gasteiger partial charge >= 0.3 is 0 Å². The van der Waals surface area contributed by atoms with Crippen LogP contribution in [-0.4, -0.2) is 38.5 Å². The molecule has 9 nitrogen and oxygen atoms in total. The largest absolute Gasteiger partial charge is 0.366 e. The minimum absolute atomic E-state index is 0.0234. The first-order chi connectivity index (χ1) is 12.9. The van der Waals surface area contributed by atoms with Crippen molar-refractivity contribution in [2.24, 2.45) is 11.5 Å². The van der Waals surface area contributed by atoms with E-state index < -0.39 is 11.7 Å². The Morgan fingerprint density at radius 2 is 2.00 bits per heavy atom. The van der Waals surface area contributed by atoms with Crippen LogP contribution in [0.25, 0.3) is 5.69 Å². The summed E-state index contributed by atoms with van der Waals surface area (Å²) in [7, 11) is 0. The van der Waals surface area contributed by atoms with Gasteiger partial charge < -0.3 is 22.1 Å². The number of hydrogen-bond donors (Lipinski definition) is 4. The molecule has 0 aliphatic carbocycles. The first-order valence-corrected chi connectivity index (χ1v) is 8.17. The summed E-state index contributed by atoms with van der Waals surface area (Å²) in [5.41, 5.74) is 12.3. The Hall–Kier alpha value is -3.53. The number of nitrogens with one attached hydrogen (secondary N) is 2. The number of rotatable bonds is 7. The number of nitrogens with two attached hydrogens (primary N) is 2. The molecular weight excluding hydrogens is 351 g/mol. The van der Waals surface area contributed by atoms with E-state index in [4.69, 9.17) is 11.5 Å². The summed E-state index contributed by atoms with van der Waals surface area (Å²) in [6.07, 6.45) is 3.12. The Morgan fingerprint density at radius 1 is 1.26 bits per heavy atom. The van der Waals surface area contributed by atoms with Gasteiger partial charge in [-0.25, -0.2) is 9.37 Å². The average Bonchev–Trinajstić information content (AvgIpc) is 3.16. The van der Waals surface area contributed by atoms with E-state index in [1.807, 2.05) is 6.07 Å². The molecule has 27 heavy (non-hydrogen) atoms. The highest BCUT2D eigenvalue weighted by Gasteiger charge is 2.16. The molecule has 2 aromatic heterocycles. The van der Waals surface area contributed by atoms with Crippen molar-refractivity contribution in [1.29, 1.82) is 0 Å². The first kappa shape index (κ1) is 18.3. The van der Waals surface area contributed by atoms with Crippen LogP contribution in [-0.2, 0) is 0 Å². The molecule has 0 saturated carbocycles. The lowest BCUT2D eigenvalue weighted by Gasteiger charge is -2.14. The molecule has 1 aromatic carbocycles. The van der Waals surface area contributed by atoms with Gasteiger partial charge in [-0.05, 0) is 31.2 Å². The Kier molecular flexibility index (Phi) is 5.27. The maximum absolute atomic E-state index is 14.2. The summed E-state index contributed by atoms with van der Waals surface area (Å²) < 4.78 is 14.2. The van der Waals surface area contributed by atoms with Crippen LogP contribution in [0.4, 0.5) is 21.7 Å². The Labute approximate surface area is 154 Å². The van der Waals surface area contributed by atoms with E-state index >= 15 is 0 Å². The molecule has 0 bridgehead atoms. The van der Waals surface area contributed by atoms with Crippen molar-refractivity contribution in [2.75, 3.05) is 17.2 Å². The van der Waals surface area contributed by atoms with Gasteiger partial charge in [-0.15, -0.1) is 0 Å². The minimum Gasteiger partial charge on any atom is -0.366 e. The SMILES string of the molecule is C[C@H](N)CNc1nc(Nc2cccc(-n3nccn3)c2)c(C(N)=O)cc1F. The van der Waals surface area contributed by atoms with Crippen molar-refractivity contribution < 1.29 is 9.18 Å². The van der Waals surface area contributed by atoms with Crippen LogP contribution < -0.4 is 22.1 Å². The smallest absolute Gasteiger partial charge is 0.252 e. The molecular formula is C17H19FN8O. The second kappa shape index (κ2) is 7.79. The second-order valence-electron chi connectivity index (χ2n) is 5.93. The molecule has 0 unspecified atom stereocenters. The van der Waals surface area contributed by atoms with E-state index in [2.05, 4.69) is 25.8 Å². The summed E-state index contributed by atoms with van der Waals surface area (Å²) in [6, 6.07) is 7.96. The van der Waals surface area contributed by atoms with E-state index in [0.29, 0.717) is 17.9 Å². The summed E-state index contributed by atoms with van der Waals surface area (Å²) in [6.45, 7) is 2.09. The number of primary amides is 1. The van der Waals surface area contributed by atoms with E-state index in [1.165, 1.54) is 4.80 Å². The van der Waals surface area contributed by atoms with Gasteiger partial charge in [0.2, 0.25) is 0 Å².